The van der Waals surface area contributed by atoms with E-state index in [0.717, 1.165) is 39.3 Å². The molecule has 0 radical (unpaired) electrons. The number of allylic oxidation sites excluding steroid dienone is 1. The first-order valence-electron chi connectivity index (χ1n) is 19.2. The van der Waals surface area contributed by atoms with Crippen LogP contribution in [0.1, 0.15) is 17.3 Å². The van der Waals surface area contributed by atoms with Gasteiger partial charge in [0.15, 0.2) is 0 Å². The lowest BCUT2D eigenvalue weighted by atomic mass is 9.97. The third kappa shape index (κ3) is 5.34. The van der Waals surface area contributed by atoms with E-state index in [-0.39, 0.29) is 6.17 Å². The average molecular weight is 717 g/mol. The molecule has 0 amide bonds. The molecule has 0 saturated heterocycles. The van der Waals surface area contributed by atoms with Gasteiger partial charge in [-0.3, -0.25) is 9.56 Å². The second-order valence-electron chi connectivity index (χ2n) is 14.5. The molecular weight excluding hydrogens is 681 g/mol. The monoisotopic (exact) mass is 716 g/mol. The van der Waals surface area contributed by atoms with Crippen molar-refractivity contribution >= 4 is 55.1 Å². The number of nitrogens with one attached hydrogen (secondary N) is 1. The van der Waals surface area contributed by atoms with E-state index in [1.807, 2.05) is 0 Å². The van der Waals surface area contributed by atoms with Crippen molar-refractivity contribution in [1.29, 1.82) is 0 Å². The minimum atomic E-state index is -0.235. The molecule has 2 aromatic heterocycles. The second-order valence-corrected chi connectivity index (χ2v) is 14.5. The van der Waals surface area contributed by atoms with Crippen molar-refractivity contribution in [2.24, 2.45) is 4.99 Å². The van der Waals surface area contributed by atoms with Crippen LogP contribution < -0.4 is 5.32 Å². The summed E-state index contributed by atoms with van der Waals surface area (Å²) in [6.45, 7) is 0. The van der Waals surface area contributed by atoms with Gasteiger partial charge in [-0.15, -0.1) is 0 Å². The van der Waals surface area contributed by atoms with Crippen molar-refractivity contribution in [3.8, 4) is 27.9 Å². The van der Waals surface area contributed by atoms with Crippen LogP contribution in [0.5, 0.6) is 0 Å². The summed E-state index contributed by atoms with van der Waals surface area (Å²) in [6, 6.07) is 71.8. The van der Waals surface area contributed by atoms with Crippen molar-refractivity contribution in [3.63, 3.8) is 0 Å². The number of para-hydroxylation sites is 3. The quantitative estimate of drug-likeness (QED) is 0.183. The Balaban J connectivity index is 1.04. The van der Waals surface area contributed by atoms with Crippen LogP contribution in [0.2, 0.25) is 0 Å². The highest BCUT2D eigenvalue weighted by molar-refractivity contribution is 6.15. The Morgan fingerprint density at radius 1 is 0.375 bits per heavy atom. The fourth-order valence-corrected chi connectivity index (χ4v) is 8.50. The number of nitrogens with zero attached hydrogens (tertiary/aromatic N) is 3. The lowest BCUT2D eigenvalue weighted by Gasteiger charge is -2.26. The lowest BCUT2D eigenvalue weighted by Crippen LogP contribution is -2.27. The van der Waals surface area contributed by atoms with Crippen molar-refractivity contribution in [2.45, 2.75) is 6.17 Å². The molecule has 4 nitrogen and oxygen atoms in total. The van der Waals surface area contributed by atoms with Crippen molar-refractivity contribution in [3.05, 3.63) is 217 Å². The highest BCUT2D eigenvalue weighted by atomic mass is 15.2. The minimum Gasteiger partial charge on any atom is -0.346 e. The molecule has 56 heavy (non-hydrogen) atoms. The van der Waals surface area contributed by atoms with Crippen LogP contribution in [0, 0.1) is 0 Å². The van der Waals surface area contributed by atoms with E-state index < -0.39 is 0 Å². The molecule has 1 unspecified atom stereocenters. The van der Waals surface area contributed by atoms with Gasteiger partial charge in [-0.2, -0.15) is 0 Å². The number of rotatable bonds is 6. The zero-order valence-corrected chi connectivity index (χ0v) is 30.5. The molecule has 1 atom stereocenters. The van der Waals surface area contributed by atoms with Crippen LogP contribution in [0.4, 0.5) is 0 Å². The van der Waals surface area contributed by atoms with Crippen LogP contribution >= 0.6 is 0 Å². The number of hydrogen-bond donors (Lipinski definition) is 1. The van der Waals surface area contributed by atoms with Gasteiger partial charge in [0.05, 0.1) is 27.8 Å². The van der Waals surface area contributed by atoms with Crippen molar-refractivity contribution in [1.82, 2.24) is 14.5 Å². The number of aromatic nitrogens is 2. The summed E-state index contributed by atoms with van der Waals surface area (Å²) in [5.41, 5.74) is 13.8. The van der Waals surface area contributed by atoms with Crippen LogP contribution in [-0.2, 0) is 0 Å². The molecule has 1 aliphatic rings. The molecule has 0 fully saturated rings. The molecule has 4 heteroatoms. The summed E-state index contributed by atoms with van der Waals surface area (Å²) >= 11 is 0. The van der Waals surface area contributed by atoms with E-state index in [4.69, 9.17) is 4.99 Å². The largest absolute Gasteiger partial charge is 0.346 e. The van der Waals surface area contributed by atoms with Gasteiger partial charge in [-0.05, 0) is 81.9 Å². The topological polar surface area (TPSA) is 34.2 Å². The smallest absolute Gasteiger partial charge is 0.146 e. The first kappa shape index (κ1) is 32.0. The Labute approximate surface area is 324 Å². The Morgan fingerprint density at radius 2 is 0.911 bits per heavy atom. The Hall–Kier alpha value is -7.43. The SMILES string of the molecule is C1=C(n2c3ccccc3c3ccc(-c4cccc(-c5ccc6c(c5)c5ccccc5n6-c5ccccc5)c4)cc32)NC(c2ccccc2)N=C1c1ccccc1. The zero-order valence-electron chi connectivity index (χ0n) is 30.5. The molecule has 0 bridgehead atoms. The van der Waals surface area contributed by atoms with Gasteiger partial charge in [0.1, 0.15) is 12.0 Å². The molecule has 8 aromatic carbocycles. The normalized spacial score (nSPS) is 14.2. The Morgan fingerprint density at radius 3 is 1.66 bits per heavy atom. The number of aliphatic imine (C=N–C) groups is 1. The van der Waals surface area contributed by atoms with Crippen LogP contribution in [0.3, 0.4) is 0 Å². The summed E-state index contributed by atoms with van der Waals surface area (Å²) < 4.78 is 4.74. The fourth-order valence-electron chi connectivity index (χ4n) is 8.50. The van der Waals surface area contributed by atoms with E-state index >= 15 is 0 Å². The highest BCUT2D eigenvalue weighted by Gasteiger charge is 2.23. The molecule has 0 aliphatic carbocycles. The van der Waals surface area contributed by atoms with Gasteiger partial charge < -0.3 is 9.88 Å². The third-order valence-electron chi connectivity index (χ3n) is 11.1. The molecule has 264 valence electrons. The van der Waals surface area contributed by atoms with Gasteiger partial charge in [-0.25, -0.2) is 0 Å². The van der Waals surface area contributed by atoms with Gasteiger partial charge >= 0.3 is 0 Å². The van der Waals surface area contributed by atoms with Gasteiger partial charge in [0.25, 0.3) is 0 Å². The minimum absolute atomic E-state index is 0.235. The maximum atomic E-state index is 5.21. The Bertz CT molecular complexity index is 3150. The maximum absolute atomic E-state index is 5.21. The molecule has 1 aliphatic heterocycles. The van der Waals surface area contributed by atoms with Gasteiger partial charge in [0, 0.05) is 33.3 Å². The van der Waals surface area contributed by atoms with Crippen molar-refractivity contribution in [2.75, 3.05) is 0 Å². The highest BCUT2D eigenvalue weighted by Crippen LogP contribution is 2.38. The molecule has 11 rings (SSSR count). The lowest BCUT2D eigenvalue weighted by molar-refractivity contribution is 0.646. The third-order valence-corrected chi connectivity index (χ3v) is 11.1. The fraction of sp³-hybridized carbons (Fsp3) is 0.0192. The molecule has 0 spiro atoms. The van der Waals surface area contributed by atoms with Crippen LogP contribution in [0.15, 0.2) is 211 Å². The summed E-state index contributed by atoms with van der Waals surface area (Å²) in [5, 5.41) is 8.75. The predicted octanol–water partition coefficient (Wildman–Crippen LogP) is 12.8. The molecule has 3 heterocycles. The first-order chi connectivity index (χ1) is 27.8. The second kappa shape index (κ2) is 13.2. The number of benzene rings is 8. The van der Waals surface area contributed by atoms with Crippen LogP contribution in [-0.4, -0.2) is 14.8 Å². The van der Waals surface area contributed by atoms with E-state index in [9.17, 15) is 0 Å². The summed E-state index contributed by atoms with van der Waals surface area (Å²) in [7, 11) is 0. The zero-order chi connectivity index (χ0) is 37.0. The first-order valence-corrected chi connectivity index (χ1v) is 19.2. The van der Waals surface area contributed by atoms with E-state index in [0.29, 0.717) is 0 Å². The summed E-state index contributed by atoms with van der Waals surface area (Å²) in [4.78, 5) is 5.21. The average Bonchev–Trinajstić information content (AvgIpc) is 3.79. The molecule has 10 aromatic rings. The van der Waals surface area contributed by atoms with E-state index in [2.05, 4.69) is 221 Å². The van der Waals surface area contributed by atoms with Gasteiger partial charge in [0.2, 0.25) is 0 Å². The van der Waals surface area contributed by atoms with Gasteiger partial charge in [-0.1, -0.05) is 152 Å². The summed E-state index contributed by atoms with van der Waals surface area (Å²) in [5.74, 6) is 0.993. The Kier molecular flexibility index (Phi) is 7.52. The van der Waals surface area contributed by atoms with E-state index in [1.165, 1.54) is 55.0 Å². The molecule has 1 N–H and O–H groups in total. The predicted molar refractivity (Wildman–Crippen MR) is 234 cm³/mol. The maximum Gasteiger partial charge on any atom is 0.146 e. The summed E-state index contributed by atoms with van der Waals surface area (Å²) in [6.07, 6.45) is 1.96. The molecule has 0 saturated carbocycles. The number of fused-ring (bicyclic) bond motifs is 6. The van der Waals surface area contributed by atoms with E-state index in [1.54, 1.807) is 0 Å². The standard InChI is InChI=1S/C52H36N4/c1-4-15-35(16-5-1)46-34-51(54-52(53-46)36-17-6-2-7-18-36)56-48-26-13-10-23-42(48)44-29-27-40(33-50(44)56)38-20-14-19-37(31-38)39-28-30-49-45(32-39)43-24-11-12-25-47(43)55(49)41-21-8-3-9-22-41/h1-34,52,54H. The van der Waals surface area contributed by atoms with Crippen LogP contribution in [0.25, 0.3) is 77.4 Å². The molecular formula is C52H36N4. The van der Waals surface area contributed by atoms with Crippen molar-refractivity contribution < 1.29 is 0 Å². The number of hydrogen-bond acceptors (Lipinski definition) is 2.